The van der Waals surface area contributed by atoms with Gasteiger partial charge in [-0.2, -0.15) is 22.0 Å². The Morgan fingerprint density at radius 2 is 2.27 bits per heavy atom. The summed E-state index contributed by atoms with van der Waals surface area (Å²) in [5.41, 5.74) is 2.67. The van der Waals surface area contributed by atoms with Crippen molar-refractivity contribution >= 4 is 11.8 Å². The van der Waals surface area contributed by atoms with E-state index >= 15 is 0 Å². The van der Waals surface area contributed by atoms with Crippen molar-refractivity contribution in [2.24, 2.45) is 7.05 Å². The zero-order valence-electron chi connectivity index (χ0n) is 13.1. The molecule has 3 rings (SSSR count). The molecule has 0 radical (unpaired) electrons. The summed E-state index contributed by atoms with van der Waals surface area (Å²) in [5.74, 6) is 1.21. The Kier molecular flexibility index (Phi) is 4.85. The molecule has 1 atom stereocenters. The van der Waals surface area contributed by atoms with Gasteiger partial charge < -0.3 is 5.11 Å². The molecule has 1 aliphatic heterocycles. The average molecular weight is 321 g/mol. The average Bonchev–Trinajstić information content (AvgIpc) is 3.12. The largest absolute Gasteiger partial charge is 0.380 e. The van der Waals surface area contributed by atoms with Gasteiger partial charge in [-0.3, -0.25) is 14.3 Å². The molecule has 1 aliphatic rings. The normalized spacial score (nSPS) is 16.7. The molecule has 0 saturated carbocycles. The maximum absolute atomic E-state index is 10.5. The highest BCUT2D eigenvalue weighted by molar-refractivity contribution is 7.98. The summed E-state index contributed by atoms with van der Waals surface area (Å²) >= 11 is 1.90. The fraction of sp³-hybridized carbons (Fsp3) is 0.600. The molecule has 1 N–H and O–H groups in total. The van der Waals surface area contributed by atoms with Gasteiger partial charge in [0, 0.05) is 26.3 Å². The van der Waals surface area contributed by atoms with Crippen LogP contribution in [0.15, 0.2) is 18.3 Å². The minimum Gasteiger partial charge on any atom is -0.380 e. The van der Waals surface area contributed by atoms with Gasteiger partial charge in [0.25, 0.3) is 0 Å². The first kappa shape index (κ1) is 15.6. The van der Waals surface area contributed by atoms with Crippen LogP contribution in [0.4, 0.5) is 0 Å². The molecule has 3 heterocycles. The molecule has 0 aliphatic carbocycles. The lowest BCUT2D eigenvalue weighted by Gasteiger charge is -2.27. The van der Waals surface area contributed by atoms with E-state index in [1.807, 2.05) is 35.6 Å². The Morgan fingerprint density at radius 1 is 1.41 bits per heavy atom. The lowest BCUT2D eigenvalue weighted by molar-refractivity contribution is 0.199. The van der Waals surface area contributed by atoms with Gasteiger partial charge >= 0.3 is 0 Å². The van der Waals surface area contributed by atoms with Crippen molar-refractivity contribution in [2.45, 2.75) is 25.6 Å². The predicted molar refractivity (Wildman–Crippen MR) is 87.8 cm³/mol. The Hall–Kier alpha value is -1.31. The summed E-state index contributed by atoms with van der Waals surface area (Å²) in [4.78, 5) is 2.47. The maximum atomic E-state index is 10.5. The summed E-state index contributed by atoms with van der Waals surface area (Å²) in [5, 5.41) is 19.2. The maximum Gasteiger partial charge on any atom is 0.139 e. The van der Waals surface area contributed by atoms with Gasteiger partial charge in [0.15, 0.2) is 0 Å². The van der Waals surface area contributed by atoms with Crippen LogP contribution in [-0.4, -0.2) is 54.7 Å². The molecule has 0 unspecified atom stereocenters. The minimum atomic E-state index is -0.712. The molecule has 7 heteroatoms. The van der Waals surface area contributed by atoms with Crippen molar-refractivity contribution < 1.29 is 5.11 Å². The smallest absolute Gasteiger partial charge is 0.139 e. The molecular formula is C15H23N5OS. The number of fused-ring (bicyclic) bond motifs is 1. The van der Waals surface area contributed by atoms with Gasteiger partial charge in [-0.25, -0.2) is 0 Å². The van der Waals surface area contributed by atoms with E-state index in [4.69, 9.17) is 0 Å². The Labute approximate surface area is 135 Å². The molecule has 2 aromatic rings. The number of nitrogens with zero attached hydrogens (tertiary/aromatic N) is 5. The number of thioether (sulfide) groups is 1. The summed E-state index contributed by atoms with van der Waals surface area (Å²) < 4.78 is 3.72. The van der Waals surface area contributed by atoms with Crippen LogP contribution in [0.2, 0.25) is 0 Å². The SMILES string of the molecule is CSCCCN1CCn2nc([C@H](O)c3ccnn3C)cc2C1. The fourth-order valence-corrected chi connectivity index (χ4v) is 3.32. The molecule has 0 spiro atoms. The fourth-order valence-electron chi connectivity index (χ4n) is 2.90. The van der Waals surface area contributed by atoms with Gasteiger partial charge in [0.1, 0.15) is 6.10 Å². The van der Waals surface area contributed by atoms with Crippen LogP contribution in [0, 0.1) is 0 Å². The Balaban J connectivity index is 1.69. The number of aromatic nitrogens is 4. The van der Waals surface area contributed by atoms with E-state index in [1.165, 1.54) is 17.9 Å². The third kappa shape index (κ3) is 3.21. The topological polar surface area (TPSA) is 59.1 Å². The first-order chi connectivity index (χ1) is 10.7. The second-order valence-electron chi connectivity index (χ2n) is 5.69. The molecule has 0 amide bonds. The van der Waals surface area contributed by atoms with Gasteiger partial charge in [-0.1, -0.05) is 0 Å². The van der Waals surface area contributed by atoms with E-state index in [1.54, 1.807) is 10.9 Å². The quantitative estimate of drug-likeness (QED) is 0.812. The summed E-state index contributed by atoms with van der Waals surface area (Å²) in [6, 6.07) is 3.86. The summed E-state index contributed by atoms with van der Waals surface area (Å²) in [7, 11) is 1.84. The number of aryl methyl sites for hydroxylation is 1. The number of aliphatic hydroxyl groups excluding tert-OH is 1. The van der Waals surface area contributed by atoms with Crippen LogP contribution in [0.25, 0.3) is 0 Å². The minimum absolute atomic E-state index is 0.712. The van der Waals surface area contributed by atoms with Crippen LogP contribution >= 0.6 is 11.8 Å². The lowest BCUT2D eigenvalue weighted by Crippen LogP contribution is -2.34. The van der Waals surface area contributed by atoms with Gasteiger partial charge in [0.2, 0.25) is 0 Å². The van der Waals surface area contributed by atoms with Gasteiger partial charge in [0.05, 0.1) is 23.6 Å². The molecule has 6 nitrogen and oxygen atoms in total. The van der Waals surface area contributed by atoms with E-state index in [0.717, 1.165) is 31.9 Å². The van der Waals surface area contributed by atoms with Crippen molar-refractivity contribution in [1.29, 1.82) is 0 Å². The second kappa shape index (κ2) is 6.85. The van der Waals surface area contributed by atoms with Crippen LogP contribution in [0.3, 0.4) is 0 Å². The van der Waals surface area contributed by atoms with Crippen molar-refractivity contribution in [1.82, 2.24) is 24.5 Å². The Bertz CT molecular complexity index is 623. The van der Waals surface area contributed by atoms with Crippen molar-refractivity contribution in [2.75, 3.05) is 25.1 Å². The lowest BCUT2D eigenvalue weighted by atomic mass is 10.1. The molecular weight excluding hydrogens is 298 g/mol. The number of hydrogen-bond acceptors (Lipinski definition) is 5. The highest BCUT2D eigenvalue weighted by atomic mass is 32.2. The van der Waals surface area contributed by atoms with E-state index < -0.39 is 6.10 Å². The first-order valence-electron chi connectivity index (χ1n) is 7.63. The van der Waals surface area contributed by atoms with E-state index in [2.05, 4.69) is 21.4 Å². The van der Waals surface area contributed by atoms with E-state index in [0.29, 0.717) is 5.69 Å². The molecule has 0 saturated heterocycles. The third-order valence-corrected chi connectivity index (χ3v) is 4.83. The zero-order chi connectivity index (χ0) is 15.5. The monoisotopic (exact) mass is 321 g/mol. The molecule has 0 bridgehead atoms. The number of hydrogen-bond donors (Lipinski definition) is 1. The van der Waals surface area contributed by atoms with Gasteiger partial charge in [-0.05, 0) is 37.1 Å². The van der Waals surface area contributed by atoms with Crippen molar-refractivity contribution in [3.8, 4) is 0 Å². The zero-order valence-corrected chi connectivity index (χ0v) is 14.0. The highest BCUT2D eigenvalue weighted by Gasteiger charge is 2.22. The summed E-state index contributed by atoms with van der Waals surface area (Å²) in [6.45, 7) is 3.97. The third-order valence-electron chi connectivity index (χ3n) is 4.14. The summed E-state index contributed by atoms with van der Waals surface area (Å²) in [6.07, 6.45) is 4.36. The van der Waals surface area contributed by atoms with E-state index in [9.17, 15) is 5.11 Å². The highest BCUT2D eigenvalue weighted by Crippen LogP contribution is 2.23. The van der Waals surface area contributed by atoms with Gasteiger partial charge in [-0.15, -0.1) is 0 Å². The van der Waals surface area contributed by atoms with Crippen LogP contribution in [-0.2, 0) is 20.1 Å². The van der Waals surface area contributed by atoms with E-state index in [-0.39, 0.29) is 0 Å². The van der Waals surface area contributed by atoms with Crippen LogP contribution < -0.4 is 0 Å². The van der Waals surface area contributed by atoms with Crippen molar-refractivity contribution in [3.05, 3.63) is 35.4 Å². The molecule has 0 fully saturated rings. The standard InChI is InChI=1S/C15H23N5OS/c1-18-14(4-5-16-18)15(21)13-10-12-11-19(6-3-9-22-2)7-8-20(12)17-13/h4-5,10,15,21H,3,6-9,11H2,1-2H3/t15-/m0/s1. The first-order valence-corrected chi connectivity index (χ1v) is 9.02. The Morgan fingerprint density at radius 3 is 3.00 bits per heavy atom. The molecule has 120 valence electrons. The van der Waals surface area contributed by atoms with Crippen LogP contribution in [0.5, 0.6) is 0 Å². The predicted octanol–water partition coefficient (Wildman–Crippen LogP) is 1.27. The molecule has 0 aromatic carbocycles. The number of aliphatic hydroxyl groups is 1. The molecule has 22 heavy (non-hydrogen) atoms. The second-order valence-corrected chi connectivity index (χ2v) is 6.67. The van der Waals surface area contributed by atoms with Crippen molar-refractivity contribution in [3.63, 3.8) is 0 Å². The molecule has 2 aromatic heterocycles. The van der Waals surface area contributed by atoms with Crippen LogP contribution in [0.1, 0.15) is 29.6 Å². The number of rotatable bonds is 6.